The molecule has 0 aliphatic carbocycles. The summed E-state index contributed by atoms with van der Waals surface area (Å²) >= 11 is 1.15. The molecule has 7 nitrogen and oxygen atoms in total. The van der Waals surface area contributed by atoms with Gasteiger partial charge in [-0.1, -0.05) is 37.7 Å². The van der Waals surface area contributed by atoms with Gasteiger partial charge >= 0.3 is 6.03 Å². The van der Waals surface area contributed by atoms with Crippen molar-refractivity contribution in [2.45, 2.75) is 51.9 Å². The number of imide groups is 1. The molecule has 0 unspecified atom stereocenters. The first-order valence-corrected chi connectivity index (χ1v) is 9.80. The molecule has 0 bridgehead atoms. The highest BCUT2D eigenvalue weighted by Crippen LogP contribution is 2.18. The lowest BCUT2D eigenvalue weighted by Gasteiger charge is -2.20. The van der Waals surface area contributed by atoms with Gasteiger partial charge in [0.05, 0.1) is 16.7 Å². The van der Waals surface area contributed by atoms with E-state index in [9.17, 15) is 14.4 Å². The Morgan fingerprint density at radius 3 is 2.52 bits per heavy atom. The number of urea groups is 1. The van der Waals surface area contributed by atoms with Crippen molar-refractivity contribution >= 4 is 34.6 Å². The first-order valence-electron chi connectivity index (χ1n) is 8.81. The fraction of sp³-hybridized carbons (Fsp3) is 0.474. The molecule has 1 aromatic carbocycles. The lowest BCUT2D eigenvalue weighted by Crippen LogP contribution is -2.48. The molecule has 3 amide bonds. The Morgan fingerprint density at radius 2 is 1.89 bits per heavy atom. The van der Waals surface area contributed by atoms with Crippen LogP contribution in [0.1, 0.15) is 34.6 Å². The van der Waals surface area contributed by atoms with Gasteiger partial charge < -0.3 is 5.32 Å². The van der Waals surface area contributed by atoms with Crippen LogP contribution in [-0.2, 0) is 11.3 Å². The number of hydrogen-bond acceptors (Lipinski definition) is 5. The van der Waals surface area contributed by atoms with Crippen molar-refractivity contribution in [2.75, 3.05) is 5.75 Å². The topological polar surface area (TPSA) is 93.1 Å². The second-order valence-corrected chi connectivity index (χ2v) is 8.70. The highest BCUT2D eigenvalue weighted by molar-refractivity contribution is 7.99. The van der Waals surface area contributed by atoms with Gasteiger partial charge in [0.1, 0.15) is 0 Å². The van der Waals surface area contributed by atoms with Crippen molar-refractivity contribution < 1.29 is 9.59 Å². The monoisotopic (exact) mass is 390 g/mol. The molecular weight excluding hydrogens is 364 g/mol. The van der Waals surface area contributed by atoms with Gasteiger partial charge in [0, 0.05) is 12.1 Å². The number of thioether (sulfide) groups is 1. The highest BCUT2D eigenvalue weighted by Gasteiger charge is 2.17. The SMILES string of the molecule is CC(C)Cn1c(SCC(=O)NC(=O)NC(C)(C)C)nc2ccccc2c1=O. The van der Waals surface area contributed by atoms with Gasteiger partial charge in [-0.25, -0.2) is 9.78 Å². The molecule has 1 heterocycles. The highest BCUT2D eigenvalue weighted by atomic mass is 32.2. The van der Waals surface area contributed by atoms with Crippen LogP contribution in [0.25, 0.3) is 10.9 Å². The zero-order chi connectivity index (χ0) is 20.2. The molecule has 146 valence electrons. The lowest BCUT2D eigenvalue weighted by atomic mass is 10.1. The zero-order valence-electron chi connectivity index (χ0n) is 16.3. The second-order valence-electron chi connectivity index (χ2n) is 7.76. The predicted octanol–water partition coefficient (Wildman–Crippen LogP) is 2.77. The molecule has 0 saturated heterocycles. The molecule has 0 aliphatic heterocycles. The van der Waals surface area contributed by atoms with E-state index in [0.717, 1.165) is 11.8 Å². The average molecular weight is 391 g/mol. The molecule has 0 atom stereocenters. The summed E-state index contributed by atoms with van der Waals surface area (Å²) in [5, 5.41) is 5.99. The maximum atomic E-state index is 12.8. The summed E-state index contributed by atoms with van der Waals surface area (Å²) in [6.07, 6.45) is 0. The number of rotatable bonds is 5. The normalized spacial score (nSPS) is 11.6. The first kappa shape index (κ1) is 21.0. The van der Waals surface area contributed by atoms with E-state index in [4.69, 9.17) is 0 Å². The fourth-order valence-corrected chi connectivity index (χ4v) is 3.26. The van der Waals surface area contributed by atoms with Gasteiger partial charge in [0.2, 0.25) is 5.91 Å². The van der Waals surface area contributed by atoms with Crippen molar-refractivity contribution in [1.82, 2.24) is 20.2 Å². The molecule has 1 aromatic heterocycles. The summed E-state index contributed by atoms with van der Waals surface area (Å²) < 4.78 is 1.60. The van der Waals surface area contributed by atoms with Crippen molar-refractivity contribution in [3.63, 3.8) is 0 Å². The van der Waals surface area contributed by atoms with Gasteiger partial charge in [-0.15, -0.1) is 0 Å². The Kier molecular flexibility index (Phi) is 6.64. The second kappa shape index (κ2) is 8.56. The summed E-state index contributed by atoms with van der Waals surface area (Å²) in [7, 11) is 0. The molecule has 2 aromatic rings. The van der Waals surface area contributed by atoms with E-state index in [0.29, 0.717) is 22.6 Å². The predicted molar refractivity (Wildman–Crippen MR) is 108 cm³/mol. The number of fused-ring (bicyclic) bond motifs is 1. The van der Waals surface area contributed by atoms with Crippen LogP contribution in [0.4, 0.5) is 4.79 Å². The minimum absolute atomic E-state index is 0.0135. The van der Waals surface area contributed by atoms with Crippen LogP contribution in [0.2, 0.25) is 0 Å². The molecule has 0 fully saturated rings. The summed E-state index contributed by atoms with van der Waals surface area (Å²) in [5.41, 5.74) is 0.0355. The van der Waals surface area contributed by atoms with E-state index in [1.807, 2.05) is 40.7 Å². The minimum atomic E-state index is -0.542. The summed E-state index contributed by atoms with van der Waals surface area (Å²) in [6.45, 7) is 10.0. The number of para-hydroxylation sites is 1. The van der Waals surface area contributed by atoms with Crippen LogP contribution in [0.15, 0.2) is 34.2 Å². The van der Waals surface area contributed by atoms with E-state index in [2.05, 4.69) is 15.6 Å². The number of carbonyl (C=O) groups is 2. The minimum Gasteiger partial charge on any atom is -0.333 e. The number of hydrogen-bond donors (Lipinski definition) is 2. The number of amides is 3. The van der Waals surface area contributed by atoms with E-state index >= 15 is 0 Å². The van der Waals surface area contributed by atoms with Crippen LogP contribution in [0.3, 0.4) is 0 Å². The third-order valence-electron chi connectivity index (χ3n) is 3.45. The van der Waals surface area contributed by atoms with Crippen molar-refractivity contribution in [3.05, 3.63) is 34.6 Å². The third kappa shape index (κ3) is 6.09. The van der Waals surface area contributed by atoms with Crippen molar-refractivity contribution in [2.24, 2.45) is 5.92 Å². The number of carbonyl (C=O) groups excluding carboxylic acids is 2. The molecule has 0 saturated carbocycles. The summed E-state index contributed by atoms with van der Waals surface area (Å²) in [4.78, 5) is 41.2. The molecule has 2 N–H and O–H groups in total. The van der Waals surface area contributed by atoms with Gasteiger partial charge in [-0.2, -0.15) is 0 Å². The maximum Gasteiger partial charge on any atom is 0.321 e. The number of aromatic nitrogens is 2. The molecule has 0 spiro atoms. The first-order chi connectivity index (χ1) is 12.6. The van der Waals surface area contributed by atoms with E-state index in [1.165, 1.54) is 0 Å². The Morgan fingerprint density at radius 1 is 1.22 bits per heavy atom. The van der Waals surface area contributed by atoms with Crippen molar-refractivity contribution in [3.8, 4) is 0 Å². The van der Waals surface area contributed by atoms with Crippen LogP contribution >= 0.6 is 11.8 Å². The number of nitrogens with one attached hydrogen (secondary N) is 2. The molecular formula is C19H26N4O3S. The quantitative estimate of drug-likeness (QED) is 0.605. The average Bonchev–Trinajstić information content (AvgIpc) is 2.53. The molecule has 2 rings (SSSR count). The van der Waals surface area contributed by atoms with Crippen molar-refractivity contribution in [1.29, 1.82) is 0 Å². The Labute approximate surface area is 162 Å². The van der Waals surface area contributed by atoms with Crippen LogP contribution in [0.5, 0.6) is 0 Å². The fourth-order valence-electron chi connectivity index (χ4n) is 2.45. The third-order valence-corrected chi connectivity index (χ3v) is 4.42. The Bertz CT molecular complexity index is 900. The molecule has 27 heavy (non-hydrogen) atoms. The zero-order valence-corrected chi connectivity index (χ0v) is 17.1. The molecule has 0 radical (unpaired) electrons. The van der Waals surface area contributed by atoms with Gasteiger partial charge in [-0.3, -0.25) is 19.5 Å². The smallest absolute Gasteiger partial charge is 0.321 e. The van der Waals surface area contributed by atoms with Crippen LogP contribution < -0.4 is 16.2 Å². The maximum absolute atomic E-state index is 12.8. The summed E-state index contributed by atoms with van der Waals surface area (Å²) in [5.74, 6) is -0.211. The van der Waals surface area contributed by atoms with Gasteiger partial charge in [-0.05, 0) is 38.8 Å². The number of benzene rings is 1. The lowest BCUT2D eigenvalue weighted by molar-refractivity contribution is -0.117. The Balaban J connectivity index is 2.18. The van der Waals surface area contributed by atoms with E-state index in [1.54, 1.807) is 22.8 Å². The standard InChI is InChI=1S/C19H26N4O3S/c1-12(2)10-23-16(25)13-8-6-7-9-14(13)20-18(23)27-11-15(24)21-17(26)22-19(3,4)5/h6-9,12H,10-11H2,1-5H3,(H2,21,22,24,26). The summed E-state index contributed by atoms with van der Waals surface area (Å²) in [6, 6.07) is 6.61. The van der Waals surface area contributed by atoms with E-state index in [-0.39, 0.29) is 17.2 Å². The van der Waals surface area contributed by atoms with Gasteiger partial charge in [0.15, 0.2) is 5.16 Å². The largest absolute Gasteiger partial charge is 0.333 e. The van der Waals surface area contributed by atoms with Crippen LogP contribution in [0, 0.1) is 5.92 Å². The van der Waals surface area contributed by atoms with Crippen LogP contribution in [-0.4, -0.2) is 32.8 Å². The number of nitrogens with zero attached hydrogens (tertiary/aromatic N) is 2. The van der Waals surface area contributed by atoms with E-state index < -0.39 is 17.5 Å². The molecule has 0 aliphatic rings. The molecule has 8 heteroatoms. The Hall–Kier alpha value is -2.35. The van der Waals surface area contributed by atoms with Gasteiger partial charge in [0.25, 0.3) is 5.56 Å².